The topological polar surface area (TPSA) is 32.8 Å². The fraction of sp³-hybridized carbons (Fsp3) is 0.750. The number of carbonyl (C=O) groups excluding carboxylic acids is 1. The van der Waals surface area contributed by atoms with Crippen molar-refractivity contribution in [1.29, 1.82) is 0 Å². The van der Waals surface area contributed by atoms with Crippen LogP contribution in [0.4, 0.5) is 4.79 Å². The van der Waals surface area contributed by atoms with Gasteiger partial charge in [0.1, 0.15) is 0 Å². The maximum absolute atomic E-state index is 11.3. The molecule has 0 radical (unpaired) electrons. The molecule has 4 nitrogen and oxygen atoms in total. The van der Waals surface area contributed by atoms with Crippen LogP contribution in [-0.4, -0.2) is 48.3 Å². The Bertz CT molecular complexity index is 191. The van der Waals surface area contributed by atoms with Crippen molar-refractivity contribution in [3.8, 4) is 0 Å². The van der Waals surface area contributed by atoms with E-state index in [1.54, 1.807) is 23.9 Å². The van der Waals surface area contributed by atoms with E-state index in [1.165, 1.54) is 0 Å². The maximum Gasteiger partial charge on any atom is 0.417 e. The van der Waals surface area contributed by atoms with Crippen LogP contribution in [0.2, 0.25) is 0 Å². The van der Waals surface area contributed by atoms with Gasteiger partial charge in [-0.2, -0.15) is 0 Å². The first kappa shape index (κ1) is 12.2. The number of rotatable bonds is 2. The van der Waals surface area contributed by atoms with Crippen LogP contribution in [0.1, 0.15) is 13.8 Å². The quantitative estimate of drug-likeness (QED) is 0.635. The number of amides is 1. The zero-order valence-corrected chi connectivity index (χ0v) is 9.35. The van der Waals surface area contributed by atoms with Crippen molar-refractivity contribution < 1.29 is 9.53 Å². The van der Waals surface area contributed by atoms with Gasteiger partial charge in [0, 0.05) is 27.2 Å². The molecule has 0 aromatic carbocycles. The Morgan fingerprint density at radius 3 is 2.08 bits per heavy atom. The predicted octanol–water partition coefficient (Wildman–Crippen LogP) is 1.31. The number of hydrogen-bond acceptors (Lipinski definition) is 3. The van der Waals surface area contributed by atoms with Gasteiger partial charge in [-0.3, -0.25) is 0 Å². The second kappa shape index (κ2) is 5.75. The minimum absolute atomic E-state index is 0.192. The maximum atomic E-state index is 11.3. The third-order valence-electron chi connectivity index (χ3n) is 1.56. The van der Waals surface area contributed by atoms with E-state index in [4.69, 9.17) is 17.0 Å². The summed E-state index contributed by atoms with van der Waals surface area (Å²) >= 11 is 4.83. The molecule has 0 saturated carbocycles. The van der Waals surface area contributed by atoms with Crippen molar-refractivity contribution in [3.05, 3.63) is 0 Å². The van der Waals surface area contributed by atoms with Gasteiger partial charge in [-0.1, -0.05) is 0 Å². The van der Waals surface area contributed by atoms with E-state index in [0.29, 0.717) is 13.1 Å². The summed E-state index contributed by atoms with van der Waals surface area (Å²) in [5.74, 6) is 0. The Hall–Kier alpha value is -0.840. The summed E-state index contributed by atoms with van der Waals surface area (Å²) in [7, 11) is 3.47. The van der Waals surface area contributed by atoms with E-state index in [-0.39, 0.29) is 11.3 Å². The number of hydrogen-bond donors (Lipinski definition) is 0. The molecule has 1 amide bonds. The van der Waals surface area contributed by atoms with Crippen molar-refractivity contribution in [2.75, 3.05) is 27.2 Å². The highest BCUT2D eigenvalue weighted by Crippen LogP contribution is 1.96. The Kier molecular flexibility index (Phi) is 5.37. The summed E-state index contributed by atoms with van der Waals surface area (Å²) < 4.78 is 4.90. The van der Waals surface area contributed by atoms with Gasteiger partial charge in [0.25, 0.3) is 5.17 Å². The third kappa shape index (κ3) is 4.07. The molecule has 0 aliphatic rings. The lowest BCUT2D eigenvalue weighted by atomic mass is 10.6. The Morgan fingerprint density at radius 1 is 1.31 bits per heavy atom. The molecule has 0 aliphatic carbocycles. The zero-order chi connectivity index (χ0) is 10.4. The number of ether oxygens (including phenoxy) is 1. The molecule has 0 atom stereocenters. The van der Waals surface area contributed by atoms with Gasteiger partial charge in [-0.15, -0.1) is 0 Å². The highest BCUT2D eigenvalue weighted by Gasteiger charge is 2.13. The van der Waals surface area contributed by atoms with Gasteiger partial charge in [0.15, 0.2) is 0 Å². The molecule has 5 heteroatoms. The molecule has 0 aliphatic heterocycles. The van der Waals surface area contributed by atoms with Crippen molar-refractivity contribution in [2.24, 2.45) is 0 Å². The summed E-state index contributed by atoms with van der Waals surface area (Å²) in [4.78, 5) is 14.5. The van der Waals surface area contributed by atoms with Crippen LogP contribution in [0.5, 0.6) is 0 Å². The van der Waals surface area contributed by atoms with E-state index >= 15 is 0 Å². The van der Waals surface area contributed by atoms with Crippen LogP contribution < -0.4 is 0 Å². The molecular weight excluding hydrogens is 188 g/mol. The average molecular weight is 204 g/mol. The minimum atomic E-state index is -0.385. The van der Waals surface area contributed by atoms with E-state index in [1.807, 2.05) is 13.8 Å². The summed E-state index contributed by atoms with van der Waals surface area (Å²) in [6.45, 7) is 5.05. The lowest BCUT2D eigenvalue weighted by Crippen LogP contribution is -2.35. The number of thiocarbonyl (C=S) groups is 1. The fourth-order valence-electron chi connectivity index (χ4n) is 0.712. The molecule has 0 N–H and O–H groups in total. The first-order chi connectivity index (χ1) is 6.02. The highest BCUT2D eigenvalue weighted by molar-refractivity contribution is 7.80. The van der Waals surface area contributed by atoms with Crippen LogP contribution in [0.25, 0.3) is 0 Å². The summed E-state index contributed by atoms with van der Waals surface area (Å²) in [5.41, 5.74) is 0. The second-order valence-electron chi connectivity index (χ2n) is 2.70. The SMILES string of the molecule is CCN(CC)C(=O)OC(=S)N(C)C. The first-order valence-corrected chi connectivity index (χ1v) is 4.61. The lowest BCUT2D eigenvalue weighted by Gasteiger charge is -2.20. The number of carbonyl (C=O) groups is 1. The standard InChI is InChI=1S/C8H16N2O2S/c1-5-10(6-2)7(11)12-8(13)9(3)4/h5-6H2,1-4H3. The van der Waals surface area contributed by atoms with E-state index in [0.717, 1.165) is 0 Å². The molecule has 0 heterocycles. The fourth-order valence-corrected chi connectivity index (χ4v) is 0.784. The van der Waals surface area contributed by atoms with Crippen molar-refractivity contribution >= 4 is 23.5 Å². The number of nitrogens with zero attached hydrogens (tertiary/aromatic N) is 2. The van der Waals surface area contributed by atoms with E-state index in [9.17, 15) is 4.79 Å². The first-order valence-electron chi connectivity index (χ1n) is 4.20. The smallest absolute Gasteiger partial charge is 0.382 e. The molecule has 0 fully saturated rings. The van der Waals surface area contributed by atoms with E-state index in [2.05, 4.69) is 0 Å². The van der Waals surface area contributed by atoms with Crippen molar-refractivity contribution in [1.82, 2.24) is 9.80 Å². The molecule has 76 valence electrons. The molecule has 0 aromatic rings. The summed E-state index contributed by atoms with van der Waals surface area (Å²) in [6, 6.07) is 0. The van der Waals surface area contributed by atoms with Gasteiger partial charge in [0.05, 0.1) is 0 Å². The highest BCUT2D eigenvalue weighted by atomic mass is 32.1. The summed E-state index contributed by atoms with van der Waals surface area (Å²) in [5, 5.41) is 0.192. The molecule has 0 unspecified atom stereocenters. The minimum Gasteiger partial charge on any atom is -0.382 e. The largest absolute Gasteiger partial charge is 0.417 e. The van der Waals surface area contributed by atoms with Crippen molar-refractivity contribution in [3.63, 3.8) is 0 Å². The van der Waals surface area contributed by atoms with Crippen LogP contribution >= 0.6 is 12.2 Å². The third-order valence-corrected chi connectivity index (χ3v) is 2.01. The molecule has 0 aromatic heterocycles. The molecule has 0 spiro atoms. The second-order valence-corrected chi connectivity index (χ2v) is 3.05. The zero-order valence-electron chi connectivity index (χ0n) is 8.53. The average Bonchev–Trinajstić information content (AvgIpc) is 2.06. The summed E-state index contributed by atoms with van der Waals surface area (Å²) in [6.07, 6.45) is -0.385. The molecular formula is C8H16N2O2S. The van der Waals surface area contributed by atoms with Gasteiger partial charge in [0.2, 0.25) is 0 Å². The molecule has 0 rings (SSSR count). The van der Waals surface area contributed by atoms with Gasteiger partial charge in [-0.25, -0.2) is 4.79 Å². The van der Waals surface area contributed by atoms with Gasteiger partial charge < -0.3 is 14.5 Å². The van der Waals surface area contributed by atoms with E-state index < -0.39 is 0 Å². The molecule has 0 bridgehead atoms. The van der Waals surface area contributed by atoms with Crippen LogP contribution in [0.15, 0.2) is 0 Å². The van der Waals surface area contributed by atoms with Crippen LogP contribution in [0, 0.1) is 0 Å². The van der Waals surface area contributed by atoms with Gasteiger partial charge >= 0.3 is 6.09 Å². The lowest BCUT2D eigenvalue weighted by molar-refractivity contribution is 0.149. The monoisotopic (exact) mass is 204 g/mol. The van der Waals surface area contributed by atoms with Gasteiger partial charge in [-0.05, 0) is 26.1 Å². The van der Waals surface area contributed by atoms with Crippen LogP contribution in [-0.2, 0) is 4.74 Å². The Labute approximate surface area is 84.4 Å². The Morgan fingerprint density at radius 2 is 1.77 bits per heavy atom. The molecule has 13 heavy (non-hydrogen) atoms. The predicted molar refractivity (Wildman–Crippen MR) is 55.7 cm³/mol. The normalized spacial score (nSPS) is 9.23. The molecule has 0 saturated heterocycles. The Balaban J connectivity index is 4.06. The van der Waals surface area contributed by atoms with Crippen molar-refractivity contribution in [2.45, 2.75) is 13.8 Å². The van der Waals surface area contributed by atoms with Crippen LogP contribution in [0.3, 0.4) is 0 Å².